The number of allylic oxidation sites excluding steroid dienone is 3. The van der Waals surface area contributed by atoms with Crippen LogP contribution < -0.4 is 16.0 Å². The van der Waals surface area contributed by atoms with Crippen molar-refractivity contribution in [2.45, 2.75) is 64.6 Å². The highest BCUT2D eigenvalue weighted by molar-refractivity contribution is 7.99. The average molecular weight is 580 g/mol. The minimum atomic E-state index is -1.41. The summed E-state index contributed by atoms with van der Waals surface area (Å²) in [4.78, 5) is 61.8. The van der Waals surface area contributed by atoms with E-state index >= 15 is 0 Å². The number of rotatable bonds is 12. The first-order valence-electron chi connectivity index (χ1n) is 13.7. The van der Waals surface area contributed by atoms with Crippen LogP contribution in [0.15, 0.2) is 64.3 Å². The fourth-order valence-corrected chi connectivity index (χ4v) is 7.02. The Labute approximate surface area is 244 Å². The number of hydrogen-bond donors (Lipinski definition) is 4. The Morgan fingerprint density at radius 1 is 1.12 bits per heavy atom. The van der Waals surface area contributed by atoms with Gasteiger partial charge in [0.05, 0.1) is 12.6 Å². The lowest BCUT2D eigenvalue weighted by Crippen LogP contribution is -2.51. The molecule has 4 rings (SSSR count). The Balaban J connectivity index is 1.34. The van der Waals surface area contributed by atoms with Gasteiger partial charge in [-0.15, -0.1) is 0 Å². The molecule has 3 amide bonds. The third-order valence-electron chi connectivity index (χ3n) is 8.33. The summed E-state index contributed by atoms with van der Waals surface area (Å²) in [6, 6.07) is 7.66. The number of Topliss-reactive ketones (excluding diaryl/α,β-unsaturated/α-hetero) is 1. The Kier molecular flexibility index (Phi) is 9.03. The first-order chi connectivity index (χ1) is 19.4. The van der Waals surface area contributed by atoms with Crippen molar-refractivity contribution in [2.75, 3.05) is 18.1 Å². The zero-order chi connectivity index (χ0) is 29.9. The lowest BCUT2D eigenvalue weighted by Gasteiger charge is -2.39. The molecule has 1 fully saturated rings. The quantitative estimate of drug-likeness (QED) is 0.277. The second kappa shape index (κ2) is 12.2. The van der Waals surface area contributed by atoms with Crippen LogP contribution in [0.3, 0.4) is 0 Å². The van der Waals surface area contributed by atoms with Crippen LogP contribution in [0.4, 0.5) is 0 Å². The fraction of sp³-hybridized carbons (Fsp3) is 0.452. The molecule has 10 heteroatoms. The summed E-state index contributed by atoms with van der Waals surface area (Å²) < 4.78 is 0. The Bertz CT molecular complexity index is 1360. The molecule has 1 aromatic rings. The number of thioether (sulfide) groups is 1. The van der Waals surface area contributed by atoms with Gasteiger partial charge in [-0.1, -0.05) is 35.9 Å². The van der Waals surface area contributed by atoms with E-state index in [9.17, 15) is 29.1 Å². The van der Waals surface area contributed by atoms with Crippen LogP contribution in [0.25, 0.3) is 0 Å². The molecule has 0 aliphatic heterocycles. The van der Waals surface area contributed by atoms with Gasteiger partial charge in [0, 0.05) is 29.4 Å². The number of fused-ring (bicyclic) bond motifs is 1. The molecule has 0 radical (unpaired) electrons. The van der Waals surface area contributed by atoms with E-state index < -0.39 is 34.9 Å². The Morgan fingerprint density at radius 3 is 2.41 bits per heavy atom. The number of aldehydes is 1. The molecule has 3 aliphatic rings. The van der Waals surface area contributed by atoms with E-state index in [1.807, 2.05) is 50.3 Å². The SMILES string of the molecule is CC(=O)N[C@@H](CSCC1=C(C)C=C2C(=O)[C@](C)(O)C3(CC3)C(C)=C21)C(=O)NCC(=O)N[C@@H](C=O)Cc1ccccc1. The van der Waals surface area contributed by atoms with Crippen molar-refractivity contribution >= 4 is 41.6 Å². The van der Waals surface area contributed by atoms with Crippen LogP contribution in [-0.4, -0.2) is 70.6 Å². The lowest BCUT2D eigenvalue weighted by molar-refractivity contribution is -0.137. The molecular weight excluding hydrogens is 542 g/mol. The first kappa shape index (κ1) is 30.5. The highest BCUT2D eigenvalue weighted by atomic mass is 32.2. The molecule has 0 saturated heterocycles. The van der Waals surface area contributed by atoms with E-state index in [4.69, 9.17) is 0 Å². The van der Waals surface area contributed by atoms with Gasteiger partial charge in [0.2, 0.25) is 17.7 Å². The summed E-state index contributed by atoms with van der Waals surface area (Å²) in [5.41, 5.74) is 3.39. The van der Waals surface area contributed by atoms with Crippen LogP contribution in [-0.2, 0) is 30.4 Å². The van der Waals surface area contributed by atoms with E-state index in [1.54, 1.807) is 6.92 Å². The molecule has 218 valence electrons. The van der Waals surface area contributed by atoms with E-state index in [-0.39, 0.29) is 24.0 Å². The second-order valence-corrected chi connectivity index (χ2v) is 12.2. The predicted octanol–water partition coefficient (Wildman–Crippen LogP) is 1.95. The minimum absolute atomic E-state index is 0.243. The van der Waals surface area contributed by atoms with Gasteiger partial charge in [-0.05, 0) is 68.4 Å². The standard InChI is InChI=1S/C31H37N3O6S/c1-18-12-23-27(19(2)31(10-11-31)30(4,40)28(23)38)24(18)16-41-17-25(33-20(3)36)29(39)32-14-26(37)34-22(15-35)13-21-8-6-5-7-9-21/h5-9,12,15,22,25,40H,10-11,13-14,16-17H2,1-4H3,(H,32,39)(H,33,36)(H,34,37)/t22-,25+,30+/m1/s1. The van der Waals surface area contributed by atoms with Crippen LogP contribution in [0, 0.1) is 5.41 Å². The highest BCUT2D eigenvalue weighted by Crippen LogP contribution is 2.65. The van der Waals surface area contributed by atoms with Crippen molar-refractivity contribution in [3.8, 4) is 0 Å². The Morgan fingerprint density at radius 2 is 1.80 bits per heavy atom. The zero-order valence-corrected chi connectivity index (χ0v) is 24.7. The summed E-state index contributed by atoms with van der Waals surface area (Å²) in [5, 5.41) is 18.9. The van der Waals surface area contributed by atoms with Crippen LogP contribution in [0.5, 0.6) is 0 Å². The largest absolute Gasteiger partial charge is 0.381 e. The maximum atomic E-state index is 13.2. The molecule has 1 saturated carbocycles. The number of benzene rings is 1. The van der Waals surface area contributed by atoms with Crippen LogP contribution in [0.1, 0.15) is 46.1 Å². The average Bonchev–Trinajstić information content (AvgIpc) is 3.69. The van der Waals surface area contributed by atoms with Gasteiger partial charge in [-0.2, -0.15) is 11.8 Å². The zero-order valence-electron chi connectivity index (χ0n) is 23.8. The molecule has 4 N–H and O–H groups in total. The third-order valence-corrected chi connectivity index (χ3v) is 9.39. The van der Waals surface area contributed by atoms with E-state index in [2.05, 4.69) is 16.0 Å². The van der Waals surface area contributed by atoms with Crippen molar-refractivity contribution in [2.24, 2.45) is 5.41 Å². The summed E-state index contributed by atoms with van der Waals surface area (Å²) in [5.74, 6) is -0.902. The summed E-state index contributed by atoms with van der Waals surface area (Å²) >= 11 is 1.44. The molecule has 0 aromatic heterocycles. The molecule has 1 aromatic carbocycles. The van der Waals surface area contributed by atoms with Crippen molar-refractivity contribution in [3.05, 3.63) is 69.8 Å². The number of aliphatic hydroxyl groups is 1. The van der Waals surface area contributed by atoms with Gasteiger partial charge in [0.15, 0.2) is 5.78 Å². The molecular formula is C31H37N3O6S. The molecule has 3 atom stereocenters. The van der Waals surface area contributed by atoms with Crippen molar-refractivity contribution in [1.82, 2.24) is 16.0 Å². The molecule has 0 heterocycles. The van der Waals surface area contributed by atoms with Crippen molar-refractivity contribution in [3.63, 3.8) is 0 Å². The van der Waals surface area contributed by atoms with Crippen molar-refractivity contribution < 1.29 is 29.1 Å². The maximum Gasteiger partial charge on any atom is 0.243 e. The van der Waals surface area contributed by atoms with Gasteiger partial charge in [-0.3, -0.25) is 19.2 Å². The molecule has 0 unspecified atom stereocenters. The van der Waals surface area contributed by atoms with Gasteiger partial charge < -0.3 is 25.9 Å². The van der Waals surface area contributed by atoms with Crippen LogP contribution >= 0.6 is 11.8 Å². The molecule has 9 nitrogen and oxygen atoms in total. The second-order valence-electron chi connectivity index (χ2n) is 11.2. The smallest absolute Gasteiger partial charge is 0.243 e. The summed E-state index contributed by atoms with van der Waals surface area (Å²) in [7, 11) is 0. The molecule has 1 spiro atoms. The van der Waals surface area contributed by atoms with E-state index in [0.717, 1.165) is 40.7 Å². The summed E-state index contributed by atoms with van der Waals surface area (Å²) in [6.07, 6.45) is 4.37. The lowest BCUT2D eigenvalue weighted by atomic mass is 9.67. The monoisotopic (exact) mass is 579 g/mol. The molecule has 0 bridgehead atoms. The van der Waals surface area contributed by atoms with Gasteiger partial charge in [-0.25, -0.2) is 0 Å². The number of carbonyl (C=O) groups is 5. The van der Waals surface area contributed by atoms with Crippen molar-refractivity contribution in [1.29, 1.82) is 0 Å². The number of amides is 3. The number of carbonyl (C=O) groups excluding carboxylic acids is 5. The number of ketones is 1. The normalized spacial score (nSPS) is 22.1. The Hall–Kier alpha value is -3.50. The summed E-state index contributed by atoms with van der Waals surface area (Å²) in [6.45, 7) is 6.52. The number of hydrogen-bond acceptors (Lipinski definition) is 7. The minimum Gasteiger partial charge on any atom is -0.381 e. The highest BCUT2D eigenvalue weighted by Gasteiger charge is 2.65. The first-order valence-corrected chi connectivity index (χ1v) is 14.9. The van der Waals surface area contributed by atoms with Gasteiger partial charge >= 0.3 is 0 Å². The predicted molar refractivity (Wildman–Crippen MR) is 157 cm³/mol. The van der Waals surface area contributed by atoms with Crippen LogP contribution in [0.2, 0.25) is 0 Å². The van der Waals surface area contributed by atoms with Gasteiger partial charge in [0.25, 0.3) is 0 Å². The topological polar surface area (TPSA) is 142 Å². The molecule has 41 heavy (non-hydrogen) atoms. The van der Waals surface area contributed by atoms with Gasteiger partial charge in [0.1, 0.15) is 17.9 Å². The molecule has 3 aliphatic carbocycles. The van der Waals surface area contributed by atoms with E-state index in [1.165, 1.54) is 18.7 Å². The fourth-order valence-electron chi connectivity index (χ4n) is 5.86. The van der Waals surface area contributed by atoms with E-state index in [0.29, 0.717) is 24.0 Å². The third kappa shape index (κ3) is 6.23. The maximum absolute atomic E-state index is 13.2. The number of nitrogens with one attached hydrogen (secondary N) is 3.